The van der Waals surface area contributed by atoms with Gasteiger partial charge in [-0.25, -0.2) is 9.78 Å². The van der Waals surface area contributed by atoms with Crippen molar-refractivity contribution in [2.45, 2.75) is 26.3 Å². The minimum atomic E-state index is -0.722. The Morgan fingerprint density at radius 2 is 2.00 bits per heavy atom. The Hall–Kier alpha value is -4.14. The summed E-state index contributed by atoms with van der Waals surface area (Å²) in [6.07, 6.45) is 3.07. The summed E-state index contributed by atoms with van der Waals surface area (Å²) in [4.78, 5) is 46.4. The van der Waals surface area contributed by atoms with Crippen molar-refractivity contribution in [2.24, 2.45) is 0 Å². The van der Waals surface area contributed by atoms with E-state index in [0.29, 0.717) is 40.9 Å². The standard InChI is InChI=1S/C23H23N5O4/c1-3-4-11-28-20(24)19(21(29)26-23(28)31)27(2)22(30)15-13-17(18-10-7-12-32-18)25-16-9-6-5-8-14(15)16/h5-10,12-13H,3-4,11,24H2,1-2H3,(H,26,29,31). The molecule has 4 aromatic rings. The second-order valence-electron chi connectivity index (χ2n) is 7.41. The number of nitrogens with zero attached hydrogens (tertiary/aromatic N) is 3. The average Bonchev–Trinajstić information content (AvgIpc) is 3.32. The normalized spacial score (nSPS) is 11.1. The zero-order valence-electron chi connectivity index (χ0n) is 17.8. The first-order valence-corrected chi connectivity index (χ1v) is 10.3. The molecule has 0 bridgehead atoms. The first-order valence-electron chi connectivity index (χ1n) is 10.3. The Kier molecular flexibility index (Phi) is 5.63. The molecule has 0 radical (unpaired) electrons. The average molecular weight is 433 g/mol. The molecule has 164 valence electrons. The fourth-order valence-electron chi connectivity index (χ4n) is 3.62. The van der Waals surface area contributed by atoms with Crippen molar-refractivity contribution in [3.63, 3.8) is 0 Å². The lowest BCUT2D eigenvalue weighted by atomic mass is 10.1. The summed E-state index contributed by atoms with van der Waals surface area (Å²) in [5, 5.41) is 0.619. The highest BCUT2D eigenvalue weighted by Crippen LogP contribution is 2.27. The van der Waals surface area contributed by atoms with Crippen LogP contribution in [0.4, 0.5) is 11.5 Å². The molecule has 4 rings (SSSR count). The van der Waals surface area contributed by atoms with Crippen LogP contribution in [0.25, 0.3) is 22.4 Å². The molecule has 9 heteroatoms. The predicted molar refractivity (Wildman–Crippen MR) is 123 cm³/mol. The van der Waals surface area contributed by atoms with Crippen LogP contribution in [0.5, 0.6) is 0 Å². The molecule has 0 saturated heterocycles. The number of unbranched alkanes of at least 4 members (excludes halogenated alkanes) is 1. The van der Waals surface area contributed by atoms with Gasteiger partial charge in [-0.05, 0) is 30.7 Å². The van der Waals surface area contributed by atoms with Gasteiger partial charge in [-0.15, -0.1) is 0 Å². The Balaban J connectivity index is 1.85. The second kappa shape index (κ2) is 8.54. The van der Waals surface area contributed by atoms with Gasteiger partial charge >= 0.3 is 5.69 Å². The summed E-state index contributed by atoms with van der Waals surface area (Å²) in [6, 6.07) is 12.3. The number of benzene rings is 1. The Bertz CT molecular complexity index is 1400. The van der Waals surface area contributed by atoms with Crippen molar-refractivity contribution in [1.29, 1.82) is 0 Å². The Morgan fingerprint density at radius 3 is 2.72 bits per heavy atom. The quantitative estimate of drug-likeness (QED) is 0.481. The fraction of sp³-hybridized carbons (Fsp3) is 0.217. The van der Waals surface area contributed by atoms with Gasteiger partial charge < -0.3 is 15.1 Å². The maximum Gasteiger partial charge on any atom is 0.330 e. The van der Waals surface area contributed by atoms with Crippen molar-refractivity contribution >= 4 is 28.3 Å². The van der Waals surface area contributed by atoms with Crippen LogP contribution < -0.4 is 21.9 Å². The van der Waals surface area contributed by atoms with Crippen molar-refractivity contribution in [3.8, 4) is 11.5 Å². The molecule has 0 atom stereocenters. The van der Waals surface area contributed by atoms with Crippen molar-refractivity contribution in [1.82, 2.24) is 14.5 Å². The topological polar surface area (TPSA) is 127 Å². The number of aromatic amines is 1. The Morgan fingerprint density at radius 1 is 1.22 bits per heavy atom. The number of anilines is 2. The molecular weight excluding hydrogens is 410 g/mol. The van der Waals surface area contributed by atoms with Crippen LogP contribution in [0.15, 0.2) is 62.7 Å². The third-order valence-electron chi connectivity index (χ3n) is 5.31. The van der Waals surface area contributed by atoms with E-state index in [-0.39, 0.29) is 11.5 Å². The van der Waals surface area contributed by atoms with Crippen LogP contribution in [0.2, 0.25) is 0 Å². The lowest BCUT2D eigenvalue weighted by Crippen LogP contribution is -2.39. The molecular formula is C23H23N5O4. The number of carbonyl (C=O) groups excluding carboxylic acids is 1. The number of nitrogens with one attached hydrogen (secondary N) is 1. The molecule has 0 saturated carbocycles. The van der Waals surface area contributed by atoms with E-state index in [0.717, 1.165) is 6.42 Å². The molecule has 1 amide bonds. The molecule has 0 spiro atoms. The van der Waals surface area contributed by atoms with Crippen LogP contribution in [-0.2, 0) is 6.54 Å². The van der Waals surface area contributed by atoms with Crippen LogP contribution in [-0.4, -0.2) is 27.5 Å². The highest BCUT2D eigenvalue weighted by Gasteiger charge is 2.24. The van der Waals surface area contributed by atoms with Gasteiger partial charge in [0.15, 0.2) is 11.4 Å². The van der Waals surface area contributed by atoms with Crippen molar-refractivity contribution in [3.05, 3.63) is 75.1 Å². The summed E-state index contributed by atoms with van der Waals surface area (Å²) in [5.41, 5.74) is 6.21. The minimum Gasteiger partial charge on any atom is -0.463 e. The van der Waals surface area contributed by atoms with Crippen molar-refractivity contribution in [2.75, 3.05) is 17.7 Å². The van der Waals surface area contributed by atoms with Gasteiger partial charge in [0, 0.05) is 19.0 Å². The van der Waals surface area contributed by atoms with Crippen LogP contribution >= 0.6 is 0 Å². The molecule has 0 aliphatic heterocycles. The van der Waals surface area contributed by atoms with E-state index in [4.69, 9.17) is 10.2 Å². The second-order valence-corrected chi connectivity index (χ2v) is 7.41. The lowest BCUT2D eigenvalue weighted by molar-refractivity contribution is 0.0994. The highest BCUT2D eigenvalue weighted by atomic mass is 16.3. The van der Waals surface area contributed by atoms with Gasteiger partial charge in [-0.3, -0.25) is 19.1 Å². The van der Waals surface area contributed by atoms with Gasteiger partial charge in [-0.2, -0.15) is 0 Å². The van der Waals surface area contributed by atoms with E-state index < -0.39 is 17.2 Å². The molecule has 32 heavy (non-hydrogen) atoms. The summed E-state index contributed by atoms with van der Waals surface area (Å²) >= 11 is 0. The van der Waals surface area contributed by atoms with Gasteiger partial charge in [0.1, 0.15) is 11.5 Å². The summed E-state index contributed by atoms with van der Waals surface area (Å²) in [7, 11) is 1.46. The first kappa shape index (κ1) is 21.1. The van der Waals surface area contributed by atoms with E-state index in [1.807, 2.05) is 13.0 Å². The minimum absolute atomic E-state index is 0.0485. The molecule has 0 unspecified atom stereocenters. The number of carbonyl (C=O) groups is 1. The number of hydrogen-bond acceptors (Lipinski definition) is 6. The summed E-state index contributed by atoms with van der Waals surface area (Å²) in [6.45, 7) is 2.32. The molecule has 0 fully saturated rings. The molecule has 1 aromatic carbocycles. The van der Waals surface area contributed by atoms with E-state index in [2.05, 4.69) is 9.97 Å². The molecule has 0 aliphatic carbocycles. The van der Waals surface area contributed by atoms with Gasteiger partial charge in [0.2, 0.25) is 0 Å². The van der Waals surface area contributed by atoms with Crippen LogP contribution in [0.1, 0.15) is 30.1 Å². The number of rotatable bonds is 6. The first-order chi connectivity index (χ1) is 15.4. The number of fused-ring (bicyclic) bond motifs is 1. The monoisotopic (exact) mass is 433 g/mol. The predicted octanol–water partition coefficient (Wildman–Crippen LogP) is 3.00. The maximum atomic E-state index is 13.6. The van der Waals surface area contributed by atoms with Gasteiger partial charge in [-0.1, -0.05) is 31.5 Å². The Labute approximate surface area is 183 Å². The number of nitrogens with two attached hydrogens (primary N) is 1. The number of nitrogen functional groups attached to an aromatic ring is 1. The molecule has 0 aliphatic rings. The maximum absolute atomic E-state index is 13.6. The summed E-state index contributed by atoms with van der Waals surface area (Å²) in [5.74, 6) is -0.0000937. The number of amides is 1. The third kappa shape index (κ3) is 3.68. The van der Waals surface area contributed by atoms with Crippen molar-refractivity contribution < 1.29 is 9.21 Å². The number of pyridine rings is 1. The van der Waals surface area contributed by atoms with Crippen LogP contribution in [0, 0.1) is 0 Å². The van der Waals surface area contributed by atoms with E-state index >= 15 is 0 Å². The zero-order valence-corrected chi connectivity index (χ0v) is 17.8. The van der Waals surface area contributed by atoms with E-state index in [1.54, 1.807) is 36.4 Å². The fourth-order valence-corrected chi connectivity index (χ4v) is 3.62. The number of H-pyrrole nitrogens is 1. The lowest BCUT2D eigenvalue weighted by Gasteiger charge is -2.21. The van der Waals surface area contributed by atoms with Crippen LogP contribution in [0.3, 0.4) is 0 Å². The number of hydrogen-bond donors (Lipinski definition) is 2. The van der Waals surface area contributed by atoms with E-state index in [9.17, 15) is 14.4 Å². The van der Waals surface area contributed by atoms with Gasteiger partial charge in [0.05, 0.1) is 17.3 Å². The summed E-state index contributed by atoms with van der Waals surface area (Å²) < 4.78 is 6.73. The molecule has 3 N–H and O–H groups in total. The number of aromatic nitrogens is 3. The molecule has 3 heterocycles. The largest absolute Gasteiger partial charge is 0.463 e. The SMILES string of the molecule is CCCCn1c(N)c(N(C)C(=O)c2cc(-c3ccco3)nc3ccccc23)c(=O)[nH]c1=O. The molecule has 9 nitrogen and oxygen atoms in total. The number of furan rings is 1. The third-order valence-corrected chi connectivity index (χ3v) is 5.31. The van der Waals surface area contributed by atoms with E-state index in [1.165, 1.54) is 22.8 Å². The smallest absolute Gasteiger partial charge is 0.330 e. The van der Waals surface area contributed by atoms with Gasteiger partial charge in [0.25, 0.3) is 11.5 Å². The molecule has 3 aromatic heterocycles. The zero-order chi connectivity index (χ0) is 22.8. The number of para-hydroxylation sites is 1. The highest BCUT2D eigenvalue weighted by molar-refractivity contribution is 6.14.